The second kappa shape index (κ2) is 4.40. The summed E-state index contributed by atoms with van der Waals surface area (Å²) in [6.45, 7) is -0.142. The van der Waals surface area contributed by atoms with Gasteiger partial charge in [0.2, 0.25) is 17.9 Å². The fourth-order valence-electron chi connectivity index (χ4n) is 1.39. The SMILES string of the molecule is Nc1[nH]c(=O)[n+](C2CS[C@H](CO)O2)cc1F. The lowest BCUT2D eigenvalue weighted by atomic mass is 10.5. The monoisotopic (exact) mass is 248 g/mol. The fraction of sp³-hybridized carbons (Fsp3) is 0.500. The van der Waals surface area contributed by atoms with Crippen molar-refractivity contribution in [2.75, 3.05) is 18.1 Å². The number of aliphatic hydroxyl groups is 1. The summed E-state index contributed by atoms with van der Waals surface area (Å²) in [6.07, 6.45) is 0.417. The van der Waals surface area contributed by atoms with Crippen molar-refractivity contribution in [3.63, 3.8) is 0 Å². The van der Waals surface area contributed by atoms with Crippen molar-refractivity contribution in [3.8, 4) is 0 Å². The second-order valence-electron chi connectivity index (χ2n) is 3.26. The van der Waals surface area contributed by atoms with Gasteiger partial charge < -0.3 is 15.6 Å². The van der Waals surface area contributed by atoms with E-state index in [0.717, 1.165) is 10.8 Å². The summed E-state index contributed by atoms with van der Waals surface area (Å²) in [7, 11) is 0. The minimum absolute atomic E-state index is 0.142. The summed E-state index contributed by atoms with van der Waals surface area (Å²) < 4.78 is 19.6. The van der Waals surface area contributed by atoms with E-state index in [0.29, 0.717) is 5.75 Å². The van der Waals surface area contributed by atoms with Gasteiger partial charge in [-0.05, 0) is 0 Å². The van der Waals surface area contributed by atoms with Gasteiger partial charge in [0.25, 0.3) is 0 Å². The summed E-state index contributed by atoms with van der Waals surface area (Å²) in [5.41, 5.74) is 4.30. The molecule has 0 amide bonds. The zero-order valence-electron chi connectivity index (χ0n) is 8.22. The van der Waals surface area contributed by atoms with Crippen LogP contribution in [0.25, 0.3) is 0 Å². The Balaban J connectivity index is 2.28. The first-order valence-electron chi connectivity index (χ1n) is 4.59. The molecule has 2 rings (SSSR count). The average Bonchev–Trinajstić information content (AvgIpc) is 2.71. The van der Waals surface area contributed by atoms with Gasteiger partial charge in [0.05, 0.1) is 12.4 Å². The van der Waals surface area contributed by atoms with Gasteiger partial charge in [-0.1, -0.05) is 0 Å². The fourth-order valence-corrected chi connectivity index (χ4v) is 2.32. The molecule has 0 aromatic carbocycles. The molecule has 0 aliphatic carbocycles. The first kappa shape index (κ1) is 11.4. The van der Waals surface area contributed by atoms with Crippen LogP contribution < -0.4 is 16.0 Å². The number of ether oxygens (including phenoxy) is 1. The maximum Gasteiger partial charge on any atom is 0.499 e. The van der Waals surface area contributed by atoms with Crippen LogP contribution in [0.4, 0.5) is 10.2 Å². The van der Waals surface area contributed by atoms with E-state index < -0.39 is 17.7 Å². The van der Waals surface area contributed by atoms with Crippen LogP contribution in [0.5, 0.6) is 0 Å². The van der Waals surface area contributed by atoms with Crippen LogP contribution in [0, 0.1) is 5.82 Å². The maximum absolute atomic E-state index is 13.2. The van der Waals surface area contributed by atoms with Crippen LogP contribution in [0.15, 0.2) is 11.0 Å². The van der Waals surface area contributed by atoms with E-state index in [2.05, 4.69) is 4.98 Å². The minimum atomic E-state index is -0.708. The number of nitrogens with zero attached hydrogens (tertiary/aromatic N) is 1. The van der Waals surface area contributed by atoms with Gasteiger partial charge in [0.1, 0.15) is 11.6 Å². The number of hydrogen-bond donors (Lipinski definition) is 3. The van der Waals surface area contributed by atoms with Crippen LogP contribution in [-0.2, 0) is 4.74 Å². The molecule has 1 aromatic heterocycles. The van der Waals surface area contributed by atoms with Crippen molar-refractivity contribution in [2.45, 2.75) is 11.7 Å². The van der Waals surface area contributed by atoms with Crippen LogP contribution in [0.2, 0.25) is 0 Å². The first-order valence-corrected chi connectivity index (χ1v) is 5.64. The molecule has 0 spiro atoms. The van der Waals surface area contributed by atoms with Gasteiger partial charge in [-0.25, -0.2) is 0 Å². The molecule has 1 fully saturated rings. The third-order valence-corrected chi connectivity index (χ3v) is 3.29. The van der Waals surface area contributed by atoms with Crippen LogP contribution in [-0.4, -0.2) is 27.9 Å². The molecule has 4 N–H and O–H groups in total. The number of nitrogens with two attached hydrogens (primary N) is 1. The number of H-pyrrole nitrogens is 1. The standard InChI is InChI=1S/C8H10FN3O3S/c9-4-1-12(8(14)11-7(4)10)5-3-16-6(2-13)15-5/h1,5-6,13H,2-3H2,(H2,10,11,14)/p+1/t5?,6-/m1/s1. The molecule has 1 unspecified atom stereocenters. The number of halogens is 1. The predicted molar refractivity (Wildman–Crippen MR) is 55.1 cm³/mol. The van der Waals surface area contributed by atoms with Crippen LogP contribution in [0.1, 0.15) is 6.23 Å². The quantitative estimate of drug-likeness (QED) is 0.582. The smallest absolute Gasteiger partial charge is 0.393 e. The van der Waals surface area contributed by atoms with Crippen molar-refractivity contribution < 1.29 is 18.8 Å². The molecule has 88 valence electrons. The molecule has 1 saturated heterocycles. The third kappa shape index (κ3) is 2.04. The van der Waals surface area contributed by atoms with E-state index in [-0.39, 0.29) is 17.9 Å². The van der Waals surface area contributed by atoms with E-state index in [9.17, 15) is 9.18 Å². The van der Waals surface area contributed by atoms with Gasteiger partial charge in [-0.3, -0.25) is 0 Å². The van der Waals surface area contributed by atoms with Crippen molar-refractivity contribution in [2.24, 2.45) is 0 Å². The Morgan fingerprint density at radius 2 is 2.56 bits per heavy atom. The summed E-state index contributed by atoms with van der Waals surface area (Å²) in [5.74, 6) is -0.534. The van der Waals surface area contributed by atoms with E-state index in [4.69, 9.17) is 15.6 Å². The Morgan fingerprint density at radius 3 is 3.19 bits per heavy atom. The number of hydrogen-bond acceptors (Lipinski definition) is 5. The molecule has 1 aliphatic heterocycles. The molecule has 2 atom stereocenters. The molecule has 0 saturated carbocycles. The van der Waals surface area contributed by atoms with Crippen molar-refractivity contribution in [1.82, 2.24) is 4.98 Å². The number of aromatic amines is 1. The molecule has 8 heteroatoms. The number of aliphatic hydroxyl groups excluding tert-OH is 1. The number of anilines is 1. The van der Waals surface area contributed by atoms with Crippen molar-refractivity contribution >= 4 is 17.6 Å². The Kier molecular flexibility index (Phi) is 3.13. The van der Waals surface area contributed by atoms with Gasteiger partial charge in [-0.2, -0.15) is 18.7 Å². The summed E-state index contributed by atoms with van der Waals surface area (Å²) in [4.78, 5) is 13.7. The number of aromatic nitrogens is 2. The molecule has 1 aromatic rings. The van der Waals surface area contributed by atoms with E-state index in [1.807, 2.05) is 0 Å². The molecular weight excluding hydrogens is 237 g/mol. The Bertz CT molecular complexity index is 453. The highest BCUT2D eigenvalue weighted by molar-refractivity contribution is 8.00. The van der Waals surface area contributed by atoms with E-state index >= 15 is 0 Å². The Labute approximate surface area is 94.2 Å². The summed E-state index contributed by atoms with van der Waals surface area (Å²) in [6, 6.07) is 0. The highest BCUT2D eigenvalue weighted by Crippen LogP contribution is 2.27. The molecule has 6 nitrogen and oxygen atoms in total. The maximum atomic E-state index is 13.2. The lowest BCUT2D eigenvalue weighted by Gasteiger charge is -2.08. The lowest BCUT2D eigenvalue weighted by molar-refractivity contribution is -0.771. The van der Waals surface area contributed by atoms with Crippen LogP contribution in [0.3, 0.4) is 0 Å². The molecule has 2 heterocycles. The van der Waals surface area contributed by atoms with Gasteiger partial charge >= 0.3 is 5.69 Å². The van der Waals surface area contributed by atoms with Crippen LogP contribution >= 0.6 is 11.8 Å². The molecule has 0 bridgehead atoms. The first-order chi connectivity index (χ1) is 7.61. The Morgan fingerprint density at radius 1 is 1.81 bits per heavy atom. The van der Waals surface area contributed by atoms with E-state index in [1.165, 1.54) is 11.8 Å². The number of thioether (sulfide) groups is 1. The van der Waals surface area contributed by atoms with Crippen molar-refractivity contribution in [3.05, 3.63) is 22.5 Å². The number of nitrogens with one attached hydrogen (secondary N) is 1. The third-order valence-electron chi connectivity index (χ3n) is 2.18. The van der Waals surface area contributed by atoms with Gasteiger partial charge in [0.15, 0.2) is 0 Å². The normalized spacial score (nSPS) is 24.9. The highest BCUT2D eigenvalue weighted by Gasteiger charge is 2.32. The van der Waals surface area contributed by atoms with E-state index in [1.54, 1.807) is 0 Å². The molecule has 16 heavy (non-hydrogen) atoms. The zero-order chi connectivity index (χ0) is 11.7. The van der Waals surface area contributed by atoms with Gasteiger partial charge in [-0.15, -0.1) is 11.8 Å². The topological polar surface area (TPSA) is 92.2 Å². The predicted octanol–water partition coefficient (Wildman–Crippen LogP) is -1.04. The summed E-state index contributed by atoms with van der Waals surface area (Å²) >= 11 is 1.36. The van der Waals surface area contributed by atoms with Crippen molar-refractivity contribution in [1.29, 1.82) is 0 Å². The number of rotatable bonds is 2. The lowest BCUT2D eigenvalue weighted by Crippen LogP contribution is -2.56. The molecule has 1 aliphatic rings. The summed E-state index contributed by atoms with van der Waals surface area (Å²) in [5, 5.41) is 8.86. The highest BCUT2D eigenvalue weighted by atomic mass is 32.2. The molecular formula is C8H11FN3O3S+. The zero-order valence-corrected chi connectivity index (χ0v) is 9.04. The average molecular weight is 248 g/mol. The Hall–Kier alpha value is -1.12. The molecule has 0 radical (unpaired) electrons. The minimum Gasteiger partial charge on any atom is -0.393 e. The van der Waals surface area contributed by atoms with Gasteiger partial charge in [0, 0.05) is 0 Å². The second-order valence-corrected chi connectivity index (χ2v) is 4.46. The number of nitrogen functional groups attached to an aromatic ring is 1. The largest absolute Gasteiger partial charge is 0.499 e.